The fourth-order valence-corrected chi connectivity index (χ4v) is 3.32. The van der Waals surface area contributed by atoms with E-state index in [1.165, 1.54) is 32.4 Å². The predicted molar refractivity (Wildman–Crippen MR) is 79.2 cm³/mol. The third-order valence-corrected chi connectivity index (χ3v) is 4.11. The highest BCUT2D eigenvalue weighted by Crippen LogP contribution is 2.29. The van der Waals surface area contributed by atoms with Gasteiger partial charge in [0, 0.05) is 30.4 Å². The topological polar surface area (TPSA) is 50.3 Å². The molecule has 5 heteroatoms. The molecule has 1 aromatic heterocycles. The van der Waals surface area contributed by atoms with Crippen molar-refractivity contribution < 1.29 is 4.74 Å². The zero-order valence-electron chi connectivity index (χ0n) is 12.6. The highest BCUT2D eigenvalue weighted by atomic mass is 16.5. The van der Waals surface area contributed by atoms with Crippen molar-refractivity contribution in [3.63, 3.8) is 0 Å². The van der Waals surface area contributed by atoms with Gasteiger partial charge in [0.05, 0.1) is 6.10 Å². The molecule has 0 aromatic carbocycles. The summed E-state index contributed by atoms with van der Waals surface area (Å²) in [6.45, 7) is 8.45. The van der Waals surface area contributed by atoms with Crippen LogP contribution in [0.4, 0.5) is 5.95 Å². The molecule has 0 spiro atoms. The lowest BCUT2D eigenvalue weighted by Crippen LogP contribution is -2.34. The Bertz CT molecular complexity index is 477. The summed E-state index contributed by atoms with van der Waals surface area (Å²) in [5, 5.41) is 3.52. The molecular weight excluding hydrogens is 252 g/mol. The van der Waals surface area contributed by atoms with Crippen LogP contribution >= 0.6 is 0 Å². The van der Waals surface area contributed by atoms with Crippen molar-refractivity contribution in [3.05, 3.63) is 11.8 Å². The summed E-state index contributed by atoms with van der Waals surface area (Å²) < 4.78 is 5.69. The Morgan fingerprint density at radius 3 is 2.95 bits per heavy atom. The fourth-order valence-electron chi connectivity index (χ4n) is 3.32. The second kappa shape index (κ2) is 5.56. The summed E-state index contributed by atoms with van der Waals surface area (Å²) in [5.74, 6) is 1.37. The first-order valence-electron chi connectivity index (χ1n) is 7.65. The fraction of sp³-hybridized carbons (Fsp3) is 0.733. The zero-order chi connectivity index (χ0) is 14.1. The first-order chi connectivity index (χ1) is 9.61. The molecule has 2 aliphatic heterocycles. The highest BCUT2D eigenvalue weighted by molar-refractivity contribution is 5.33. The van der Waals surface area contributed by atoms with Crippen molar-refractivity contribution in [1.82, 2.24) is 14.9 Å². The van der Waals surface area contributed by atoms with E-state index in [0.29, 0.717) is 23.9 Å². The van der Waals surface area contributed by atoms with Crippen LogP contribution in [0.15, 0.2) is 6.07 Å². The van der Waals surface area contributed by atoms with Crippen LogP contribution in [0.25, 0.3) is 0 Å². The van der Waals surface area contributed by atoms with Crippen molar-refractivity contribution in [3.8, 4) is 5.88 Å². The lowest BCUT2D eigenvalue weighted by atomic mass is 10.1. The van der Waals surface area contributed by atoms with Crippen LogP contribution in [0, 0.1) is 6.92 Å². The van der Waals surface area contributed by atoms with Gasteiger partial charge in [-0.2, -0.15) is 4.98 Å². The van der Waals surface area contributed by atoms with Crippen molar-refractivity contribution in [2.24, 2.45) is 0 Å². The maximum Gasteiger partial charge on any atom is 0.226 e. The number of anilines is 1. The van der Waals surface area contributed by atoms with Gasteiger partial charge in [-0.15, -0.1) is 0 Å². The monoisotopic (exact) mass is 276 g/mol. The van der Waals surface area contributed by atoms with Crippen molar-refractivity contribution in [2.45, 2.75) is 58.2 Å². The zero-order valence-corrected chi connectivity index (χ0v) is 12.6. The molecule has 110 valence electrons. The van der Waals surface area contributed by atoms with Crippen LogP contribution in [-0.4, -0.2) is 46.1 Å². The predicted octanol–water partition coefficient (Wildman–Crippen LogP) is 2.22. The largest absolute Gasteiger partial charge is 0.475 e. The number of aromatic nitrogens is 2. The number of fused-ring (bicyclic) bond motifs is 1. The third-order valence-electron chi connectivity index (χ3n) is 4.11. The smallest absolute Gasteiger partial charge is 0.226 e. The number of nitrogens with zero attached hydrogens (tertiary/aromatic N) is 3. The van der Waals surface area contributed by atoms with E-state index >= 15 is 0 Å². The number of nitrogens with one attached hydrogen (secondary N) is 1. The Labute approximate surface area is 120 Å². The molecule has 5 nitrogen and oxygen atoms in total. The molecule has 2 atom stereocenters. The van der Waals surface area contributed by atoms with Gasteiger partial charge in [0.1, 0.15) is 0 Å². The second-order valence-electron chi connectivity index (χ2n) is 6.12. The standard InChI is InChI=1S/C15H24N4O/c1-10(2)20-14-9-11(3)16-15(18-14)17-12-6-8-19-7-4-5-13(12)19/h9-10,12-13H,4-8H2,1-3H3,(H,16,17,18). The lowest BCUT2D eigenvalue weighted by molar-refractivity contribution is 0.232. The van der Waals surface area contributed by atoms with E-state index in [4.69, 9.17) is 4.74 Å². The molecule has 0 amide bonds. The van der Waals surface area contributed by atoms with Gasteiger partial charge in [0.2, 0.25) is 11.8 Å². The molecule has 2 unspecified atom stereocenters. The van der Waals surface area contributed by atoms with E-state index in [0.717, 1.165) is 5.69 Å². The van der Waals surface area contributed by atoms with E-state index in [1.807, 2.05) is 26.8 Å². The summed E-state index contributed by atoms with van der Waals surface area (Å²) in [7, 11) is 0. The summed E-state index contributed by atoms with van der Waals surface area (Å²) in [5.41, 5.74) is 0.944. The highest BCUT2D eigenvalue weighted by Gasteiger charge is 2.37. The van der Waals surface area contributed by atoms with Crippen LogP contribution in [-0.2, 0) is 0 Å². The van der Waals surface area contributed by atoms with Crippen LogP contribution < -0.4 is 10.1 Å². The normalized spacial score (nSPS) is 26.0. The third kappa shape index (κ3) is 2.87. The van der Waals surface area contributed by atoms with Gasteiger partial charge in [-0.25, -0.2) is 4.98 Å². The maximum atomic E-state index is 5.69. The Balaban J connectivity index is 1.72. The summed E-state index contributed by atoms with van der Waals surface area (Å²) in [6, 6.07) is 3.03. The number of hydrogen-bond acceptors (Lipinski definition) is 5. The molecule has 2 aliphatic rings. The number of hydrogen-bond donors (Lipinski definition) is 1. The van der Waals surface area contributed by atoms with E-state index in [2.05, 4.69) is 20.2 Å². The molecule has 0 bridgehead atoms. The molecule has 2 saturated heterocycles. The summed E-state index contributed by atoms with van der Waals surface area (Å²) in [4.78, 5) is 11.6. The minimum atomic E-state index is 0.133. The maximum absolute atomic E-state index is 5.69. The van der Waals surface area contributed by atoms with E-state index in [1.54, 1.807) is 0 Å². The molecule has 3 heterocycles. The number of aryl methyl sites for hydroxylation is 1. The Morgan fingerprint density at radius 1 is 1.30 bits per heavy atom. The second-order valence-corrected chi connectivity index (χ2v) is 6.12. The van der Waals surface area contributed by atoms with E-state index < -0.39 is 0 Å². The van der Waals surface area contributed by atoms with Gasteiger partial charge < -0.3 is 10.1 Å². The first kappa shape index (κ1) is 13.6. The van der Waals surface area contributed by atoms with Crippen LogP contribution in [0.5, 0.6) is 5.88 Å². The van der Waals surface area contributed by atoms with Crippen LogP contribution in [0.2, 0.25) is 0 Å². The number of ether oxygens (including phenoxy) is 1. The molecule has 0 saturated carbocycles. The van der Waals surface area contributed by atoms with Gasteiger partial charge in [-0.05, 0) is 46.6 Å². The molecular formula is C15H24N4O. The first-order valence-corrected chi connectivity index (χ1v) is 7.65. The van der Waals surface area contributed by atoms with Crippen LogP contribution in [0.1, 0.15) is 38.8 Å². The molecule has 0 radical (unpaired) electrons. The van der Waals surface area contributed by atoms with Crippen molar-refractivity contribution in [2.75, 3.05) is 18.4 Å². The van der Waals surface area contributed by atoms with E-state index in [-0.39, 0.29) is 6.10 Å². The molecule has 0 aliphatic carbocycles. The minimum absolute atomic E-state index is 0.133. The van der Waals surface area contributed by atoms with Gasteiger partial charge in [0.25, 0.3) is 0 Å². The Morgan fingerprint density at radius 2 is 2.15 bits per heavy atom. The molecule has 1 N–H and O–H groups in total. The molecule has 2 fully saturated rings. The van der Waals surface area contributed by atoms with Crippen molar-refractivity contribution >= 4 is 5.95 Å². The van der Waals surface area contributed by atoms with Crippen LogP contribution in [0.3, 0.4) is 0 Å². The Hall–Kier alpha value is -1.36. The van der Waals surface area contributed by atoms with Gasteiger partial charge in [0.15, 0.2) is 0 Å². The average molecular weight is 276 g/mol. The quantitative estimate of drug-likeness (QED) is 0.914. The molecule has 1 aromatic rings. The SMILES string of the molecule is Cc1cc(OC(C)C)nc(NC2CCN3CCCC23)n1. The number of rotatable bonds is 4. The molecule has 3 rings (SSSR count). The van der Waals surface area contributed by atoms with Gasteiger partial charge >= 0.3 is 0 Å². The van der Waals surface area contributed by atoms with Gasteiger partial charge in [-0.3, -0.25) is 4.90 Å². The lowest BCUT2D eigenvalue weighted by Gasteiger charge is -2.21. The Kier molecular flexibility index (Phi) is 3.78. The minimum Gasteiger partial charge on any atom is -0.475 e. The van der Waals surface area contributed by atoms with E-state index in [9.17, 15) is 0 Å². The summed E-state index contributed by atoms with van der Waals surface area (Å²) >= 11 is 0. The van der Waals surface area contributed by atoms with Crippen molar-refractivity contribution in [1.29, 1.82) is 0 Å². The summed E-state index contributed by atoms with van der Waals surface area (Å²) in [6.07, 6.45) is 3.93. The van der Waals surface area contributed by atoms with Gasteiger partial charge in [-0.1, -0.05) is 0 Å². The molecule has 20 heavy (non-hydrogen) atoms. The average Bonchev–Trinajstić information content (AvgIpc) is 2.92.